The predicted octanol–water partition coefficient (Wildman–Crippen LogP) is 1.62. The predicted molar refractivity (Wildman–Crippen MR) is 74.5 cm³/mol. The van der Waals surface area contributed by atoms with Gasteiger partial charge in [-0.15, -0.1) is 12.4 Å². The van der Waals surface area contributed by atoms with E-state index in [-0.39, 0.29) is 23.3 Å². The maximum Gasteiger partial charge on any atom is 0.243 e. The zero-order valence-electron chi connectivity index (χ0n) is 10.7. The van der Waals surface area contributed by atoms with Crippen LogP contribution in [0, 0.1) is 5.82 Å². The normalized spacial score (nSPS) is 17.2. The average Bonchev–Trinajstić information content (AvgIpc) is 2.39. The molecule has 0 bridgehead atoms. The van der Waals surface area contributed by atoms with Gasteiger partial charge in [0.25, 0.3) is 0 Å². The molecular weight excluding hydrogens is 291 g/mol. The number of piperidine rings is 1. The van der Waals surface area contributed by atoms with Gasteiger partial charge in [-0.3, -0.25) is 0 Å². The van der Waals surface area contributed by atoms with Gasteiger partial charge >= 0.3 is 0 Å². The zero-order chi connectivity index (χ0) is 13.2. The van der Waals surface area contributed by atoms with Crippen LogP contribution in [0.25, 0.3) is 0 Å². The largest absolute Gasteiger partial charge is 0.317 e. The van der Waals surface area contributed by atoms with Crippen LogP contribution in [-0.4, -0.2) is 38.9 Å². The van der Waals surface area contributed by atoms with Crippen molar-refractivity contribution in [2.45, 2.75) is 23.8 Å². The Labute approximate surface area is 119 Å². The van der Waals surface area contributed by atoms with Crippen molar-refractivity contribution in [2.24, 2.45) is 0 Å². The van der Waals surface area contributed by atoms with E-state index in [1.807, 2.05) is 0 Å². The van der Waals surface area contributed by atoms with E-state index in [0.717, 1.165) is 25.9 Å². The molecule has 0 aliphatic carbocycles. The summed E-state index contributed by atoms with van der Waals surface area (Å²) in [6.07, 6.45) is 1.61. The Morgan fingerprint density at radius 2 is 1.74 bits per heavy atom. The molecule has 1 aromatic rings. The number of nitrogens with zero attached hydrogens (tertiary/aromatic N) is 1. The van der Waals surface area contributed by atoms with E-state index < -0.39 is 15.8 Å². The Hall–Kier alpha value is -0.690. The molecule has 1 N–H and O–H groups in total. The van der Waals surface area contributed by atoms with Gasteiger partial charge in [-0.2, -0.15) is 4.31 Å². The third-order valence-electron chi connectivity index (χ3n) is 3.31. The Kier molecular flexibility index (Phi) is 5.73. The van der Waals surface area contributed by atoms with E-state index in [0.29, 0.717) is 0 Å². The highest BCUT2D eigenvalue weighted by Gasteiger charge is 2.28. The van der Waals surface area contributed by atoms with Crippen LogP contribution in [0.3, 0.4) is 0 Å². The van der Waals surface area contributed by atoms with E-state index in [2.05, 4.69) is 5.32 Å². The quantitative estimate of drug-likeness (QED) is 0.923. The minimum atomic E-state index is -3.52. The number of sulfonamides is 1. The molecule has 1 heterocycles. The second kappa shape index (κ2) is 6.65. The molecule has 1 aliphatic heterocycles. The summed E-state index contributed by atoms with van der Waals surface area (Å²) < 4.78 is 38.9. The molecule has 1 fully saturated rings. The van der Waals surface area contributed by atoms with Crippen LogP contribution in [0.15, 0.2) is 29.2 Å². The lowest BCUT2D eigenvalue weighted by Gasteiger charge is -2.30. The highest BCUT2D eigenvalue weighted by Crippen LogP contribution is 2.20. The summed E-state index contributed by atoms with van der Waals surface area (Å²) in [6, 6.07) is 4.97. The maximum absolute atomic E-state index is 12.8. The van der Waals surface area contributed by atoms with Gasteiger partial charge < -0.3 is 5.32 Å². The first kappa shape index (κ1) is 16.4. The van der Waals surface area contributed by atoms with Gasteiger partial charge in [0, 0.05) is 13.1 Å². The Morgan fingerprint density at radius 3 is 2.26 bits per heavy atom. The van der Waals surface area contributed by atoms with Gasteiger partial charge in [0.1, 0.15) is 5.82 Å². The van der Waals surface area contributed by atoms with Crippen molar-refractivity contribution < 1.29 is 12.8 Å². The van der Waals surface area contributed by atoms with E-state index >= 15 is 0 Å². The number of halogens is 2. The number of benzene rings is 1. The molecule has 1 aromatic carbocycles. The average molecular weight is 309 g/mol. The van der Waals surface area contributed by atoms with Gasteiger partial charge in [0.15, 0.2) is 0 Å². The highest BCUT2D eigenvalue weighted by molar-refractivity contribution is 7.89. The van der Waals surface area contributed by atoms with E-state index in [1.54, 1.807) is 7.05 Å². The molecule has 2 rings (SSSR count). The standard InChI is InChI=1S/C12H17FN2O2S.ClH/c1-15(11-6-8-14-9-7-11)18(16,17)12-4-2-10(13)3-5-12;/h2-5,11,14H,6-9H2,1H3;1H. The second-order valence-corrected chi connectivity index (χ2v) is 6.45. The summed E-state index contributed by atoms with van der Waals surface area (Å²) in [4.78, 5) is 0.143. The number of hydrogen-bond acceptors (Lipinski definition) is 3. The second-order valence-electron chi connectivity index (χ2n) is 4.46. The molecule has 4 nitrogen and oxygen atoms in total. The number of hydrogen-bond donors (Lipinski definition) is 1. The summed E-state index contributed by atoms with van der Waals surface area (Å²) in [5.74, 6) is -0.432. The first-order valence-corrected chi connectivity index (χ1v) is 7.40. The molecule has 1 saturated heterocycles. The third kappa shape index (κ3) is 3.66. The molecule has 0 unspecified atom stereocenters. The zero-order valence-corrected chi connectivity index (χ0v) is 12.3. The van der Waals surface area contributed by atoms with Crippen LogP contribution in [0.1, 0.15) is 12.8 Å². The molecule has 7 heteroatoms. The van der Waals surface area contributed by atoms with Crippen molar-refractivity contribution in [2.75, 3.05) is 20.1 Å². The number of nitrogens with one attached hydrogen (secondary N) is 1. The summed E-state index contributed by atoms with van der Waals surface area (Å²) in [6.45, 7) is 1.65. The molecule has 19 heavy (non-hydrogen) atoms. The molecule has 0 amide bonds. The molecule has 108 valence electrons. The molecule has 0 radical (unpaired) electrons. The maximum atomic E-state index is 12.8. The summed E-state index contributed by atoms with van der Waals surface area (Å²) in [5.41, 5.74) is 0. The fourth-order valence-electron chi connectivity index (χ4n) is 2.14. The monoisotopic (exact) mass is 308 g/mol. The fourth-order valence-corrected chi connectivity index (χ4v) is 3.56. The molecule has 1 aliphatic rings. The highest BCUT2D eigenvalue weighted by atomic mass is 35.5. The fraction of sp³-hybridized carbons (Fsp3) is 0.500. The van der Waals surface area contributed by atoms with Crippen LogP contribution >= 0.6 is 12.4 Å². The third-order valence-corrected chi connectivity index (χ3v) is 5.24. The molecule has 0 saturated carbocycles. The lowest BCUT2D eigenvalue weighted by molar-refractivity contribution is 0.296. The topological polar surface area (TPSA) is 49.4 Å². The van der Waals surface area contributed by atoms with Crippen LogP contribution in [-0.2, 0) is 10.0 Å². The van der Waals surface area contributed by atoms with Crippen LogP contribution in [0.5, 0.6) is 0 Å². The van der Waals surface area contributed by atoms with Crippen LogP contribution in [0.4, 0.5) is 4.39 Å². The summed E-state index contributed by atoms with van der Waals surface area (Å²) in [5, 5.41) is 3.20. The number of rotatable bonds is 3. The van der Waals surface area contributed by atoms with Gasteiger partial charge in [-0.05, 0) is 50.2 Å². The van der Waals surface area contributed by atoms with Crippen molar-refractivity contribution in [3.05, 3.63) is 30.1 Å². The minimum absolute atomic E-state index is 0. The Morgan fingerprint density at radius 1 is 1.21 bits per heavy atom. The molecular formula is C12H18ClFN2O2S. The summed E-state index contributed by atoms with van der Waals surface area (Å²) in [7, 11) is -1.92. The van der Waals surface area contributed by atoms with Crippen molar-refractivity contribution in [1.82, 2.24) is 9.62 Å². The van der Waals surface area contributed by atoms with Crippen molar-refractivity contribution in [3.63, 3.8) is 0 Å². The summed E-state index contributed by atoms with van der Waals surface area (Å²) >= 11 is 0. The van der Waals surface area contributed by atoms with Crippen molar-refractivity contribution in [3.8, 4) is 0 Å². The SMILES string of the molecule is CN(C1CCNCC1)S(=O)(=O)c1ccc(F)cc1.Cl. The first-order valence-electron chi connectivity index (χ1n) is 5.96. The Bertz CT molecular complexity index is 501. The van der Waals surface area contributed by atoms with Gasteiger partial charge in [0.05, 0.1) is 4.90 Å². The van der Waals surface area contributed by atoms with E-state index in [1.165, 1.54) is 28.6 Å². The smallest absolute Gasteiger partial charge is 0.243 e. The van der Waals surface area contributed by atoms with Crippen LogP contribution in [0.2, 0.25) is 0 Å². The lowest BCUT2D eigenvalue weighted by Crippen LogP contribution is -2.43. The van der Waals surface area contributed by atoms with Crippen molar-refractivity contribution in [1.29, 1.82) is 0 Å². The van der Waals surface area contributed by atoms with Gasteiger partial charge in [-0.25, -0.2) is 12.8 Å². The van der Waals surface area contributed by atoms with E-state index in [4.69, 9.17) is 0 Å². The van der Waals surface area contributed by atoms with E-state index in [9.17, 15) is 12.8 Å². The first-order chi connectivity index (χ1) is 8.51. The minimum Gasteiger partial charge on any atom is -0.317 e. The van der Waals surface area contributed by atoms with Gasteiger partial charge in [-0.1, -0.05) is 0 Å². The van der Waals surface area contributed by atoms with Gasteiger partial charge in [0.2, 0.25) is 10.0 Å². The molecule has 0 atom stereocenters. The Balaban J connectivity index is 0.00000180. The lowest BCUT2D eigenvalue weighted by atomic mass is 10.1. The molecule has 0 spiro atoms. The molecule has 0 aromatic heterocycles. The van der Waals surface area contributed by atoms with Crippen molar-refractivity contribution >= 4 is 22.4 Å². The van der Waals surface area contributed by atoms with Crippen LogP contribution < -0.4 is 5.32 Å².